The van der Waals surface area contributed by atoms with Gasteiger partial charge < -0.3 is 19.2 Å². The van der Waals surface area contributed by atoms with Crippen molar-refractivity contribution in [3.8, 4) is 23.6 Å². The first-order valence-corrected chi connectivity index (χ1v) is 13.6. The van der Waals surface area contributed by atoms with Gasteiger partial charge in [-0.15, -0.1) is 0 Å². The lowest BCUT2D eigenvalue weighted by Crippen LogP contribution is -2.47. The maximum atomic E-state index is 13.4. The van der Waals surface area contributed by atoms with Crippen molar-refractivity contribution in [1.29, 1.82) is 10.5 Å². The van der Waals surface area contributed by atoms with Crippen molar-refractivity contribution in [2.45, 2.75) is 23.9 Å². The number of fused-ring (bicyclic) bond motifs is 1. The molecule has 0 radical (unpaired) electrons. The van der Waals surface area contributed by atoms with Crippen LogP contribution in [0.3, 0.4) is 0 Å². The summed E-state index contributed by atoms with van der Waals surface area (Å²) in [6.45, 7) is 0.0579. The minimum Gasteiger partial charge on any atom is -0.493 e. The van der Waals surface area contributed by atoms with E-state index >= 15 is 0 Å². The Bertz CT molecular complexity index is 1840. The fraction of sp³-hybridized carbons (Fsp3) is 0.172. The Morgan fingerprint density at radius 3 is 2.10 bits per heavy atom. The summed E-state index contributed by atoms with van der Waals surface area (Å²) >= 11 is 0. The molecule has 1 amide bonds. The monoisotopic (exact) mass is 572 g/mol. The van der Waals surface area contributed by atoms with Crippen molar-refractivity contribution in [2.75, 3.05) is 14.2 Å². The van der Waals surface area contributed by atoms with Crippen LogP contribution in [0.15, 0.2) is 80.8 Å². The molecule has 11 nitrogen and oxygen atoms in total. The number of amides is 1. The number of benzene rings is 3. The lowest BCUT2D eigenvalue weighted by atomic mass is 10.0. The maximum absolute atomic E-state index is 13.4. The zero-order valence-corrected chi connectivity index (χ0v) is 22.8. The molecule has 1 aromatic heterocycles. The van der Waals surface area contributed by atoms with Crippen molar-refractivity contribution < 1.29 is 27.1 Å². The number of hydrogen-bond acceptors (Lipinski definition) is 9. The highest BCUT2D eigenvalue weighted by molar-refractivity contribution is 7.89. The van der Waals surface area contributed by atoms with Crippen LogP contribution in [0.1, 0.15) is 22.3 Å². The van der Waals surface area contributed by atoms with Crippen LogP contribution < -0.4 is 25.1 Å². The summed E-state index contributed by atoms with van der Waals surface area (Å²) in [6, 6.07) is 18.6. The summed E-state index contributed by atoms with van der Waals surface area (Å²) in [4.78, 5) is 25.7. The largest absolute Gasteiger partial charge is 0.493 e. The van der Waals surface area contributed by atoms with E-state index < -0.39 is 27.6 Å². The Kier molecular flexibility index (Phi) is 8.68. The maximum Gasteiger partial charge on any atom is 0.336 e. The molecule has 0 unspecified atom stereocenters. The van der Waals surface area contributed by atoms with Gasteiger partial charge >= 0.3 is 5.63 Å². The van der Waals surface area contributed by atoms with E-state index in [1.165, 1.54) is 50.6 Å². The number of ether oxygens (including phenoxy) is 2. The molecule has 0 bridgehead atoms. The number of nitrogens with zero attached hydrogens (tertiary/aromatic N) is 2. The number of methoxy groups -OCH3 is 2. The summed E-state index contributed by atoms with van der Waals surface area (Å²) in [5.74, 6) is 0.00190. The molecule has 208 valence electrons. The van der Waals surface area contributed by atoms with E-state index in [4.69, 9.17) is 24.4 Å². The molecular weight excluding hydrogens is 548 g/mol. The number of nitrogens with one attached hydrogen (secondary N) is 2. The van der Waals surface area contributed by atoms with Gasteiger partial charge in [0, 0.05) is 24.1 Å². The normalized spacial score (nSPS) is 11.7. The molecule has 2 N–H and O–H groups in total. The predicted octanol–water partition coefficient (Wildman–Crippen LogP) is 2.76. The van der Waals surface area contributed by atoms with Gasteiger partial charge in [-0.05, 0) is 60.0 Å². The molecule has 0 aliphatic heterocycles. The molecule has 41 heavy (non-hydrogen) atoms. The van der Waals surface area contributed by atoms with Crippen LogP contribution >= 0.6 is 0 Å². The van der Waals surface area contributed by atoms with Crippen molar-refractivity contribution >= 4 is 26.9 Å². The highest BCUT2D eigenvalue weighted by Gasteiger charge is 2.27. The first-order valence-electron chi connectivity index (χ1n) is 12.2. The van der Waals surface area contributed by atoms with Gasteiger partial charge in [-0.2, -0.15) is 15.2 Å². The number of carbonyl (C=O) groups excluding carboxylic acids is 1. The lowest BCUT2D eigenvalue weighted by molar-refractivity contribution is -0.122. The molecule has 3 aromatic carbocycles. The Labute approximate surface area is 235 Å². The van der Waals surface area contributed by atoms with Gasteiger partial charge in [0.2, 0.25) is 15.9 Å². The molecule has 0 saturated carbocycles. The minimum absolute atomic E-state index is 0.0579. The zero-order chi connectivity index (χ0) is 29.6. The standard InChI is InChI=1S/C29H24N4O7S/c1-38-26-13-23-21(12-28(34)40-25(23)14-27(26)39-2)11-24(29(35)32-17-20-5-3-18(15-30)4-6-20)33-41(36,37)22-9-7-19(16-31)8-10-22/h3-10,12-14,24,33H,11,17H2,1-2H3,(H,32,35)/t24-/m0/s1. The molecular formula is C29H24N4O7S. The van der Waals surface area contributed by atoms with Crippen molar-refractivity contribution in [3.05, 3.63) is 99.4 Å². The third kappa shape index (κ3) is 6.70. The molecule has 0 fully saturated rings. The van der Waals surface area contributed by atoms with Gasteiger partial charge in [-0.3, -0.25) is 4.79 Å². The molecule has 12 heteroatoms. The second-order valence-electron chi connectivity index (χ2n) is 8.83. The van der Waals surface area contributed by atoms with E-state index in [9.17, 15) is 18.0 Å². The van der Waals surface area contributed by atoms with Crippen molar-refractivity contribution in [2.24, 2.45) is 0 Å². The Morgan fingerprint density at radius 2 is 1.51 bits per heavy atom. The molecule has 1 atom stereocenters. The average Bonchev–Trinajstić information content (AvgIpc) is 2.98. The molecule has 0 spiro atoms. The number of rotatable bonds is 10. The molecule has 0 saturated heterocycles. The van der Waals surface area contributed by atoms with E-state index in [-0.39, 0.29) is 29.0 Å². The molecule has 0 aliphatic rings. The van der Waals surface area contributed by atoms with Crippen LogP contribution in [0.2, 0.25) is 0 Å². The quantitative estimate of drug-likeness (QED) is 0.271. The third-order valence-corrected chi connectivity index (χ3v) is 7.70. The summed E-state index contributed by atoms with van der Waals surface area (Å²) in [7, 11) is -1.36. The topological polar surface area (TPSA) is 172 Å². The fourth-order valence-corrected chi connectivity index (χ4v) is 5.30. The first kappa shape index (κ1) is 28.8. The van der Waals surface area contributed by atoms with Gasteiger partial charge in [0.1, 0.15) is 11.6 Å². The van der Waals surface area contributed by atoms with Crippen LogP contribution in [0, 0.1) is 22.7 Å². The second-order valence-corrected chi connectivity index (χ2v) is 10.5. The second kappa shape index (κ2) is 12.3. The van der Waals surface area contributed by atoms with E-state index in [0.29, 0.717) is 33.6 Å². The van der Waals surface area contributed by atoms with Gasteiger partial charge in [-0.25, -0.2) is 13.2 Å². The van der Waals surface area contributed by atoms with E-state index in [0.717, 1.165) is 0 Å². The summed E-state index contributed by atoms with van der Waals surface area (Å²) in [6.07, 6.45) is -0.216. The number of sulfonamides is 1. The smallest absolute Gasteiger partial charge is 0.336 e. The number of nitriles is 2. The molecule has 0 aliphatic carbocycles. The lowest BCUT2D eigenvalue weighted by Gasteiger charge is -2.20. The molecule has 1 heterocycles. The van der Waals surface area contributed by atoms with Crippen molar-refractivity contribution in [1.82, 2.24) is 10.0 Å². The van der Waals surface area contributed by atoms with Crippen molar-refractivity contribution in [3.63, 3.8) is 0 Å². The Morgan fingerprint density at radius 1 is 0.927 bits per heavy atom. The van der Waals surface area contributed by atoms with Gasteiger partial charge in [0.05, 0.1) is 42.4 Å². The molecule has 4 aromatic rings. The SMILES string of the molecule is COc1cc2oc(=O)cc(C[C@H](NS(=O)(=O)c3ccc(C#N)cc3)C(=O)NCc3ccc(C#N)cc3)c2cc1OC. The van der Waals surface area contributed by atoms with Gasteiger partial charge in [0.25, 0.3) is 0 Å². The van der Waals surface area contributed by atoms with E-state index in [2.05, 4.69) is 10.0 Å². The van der Waals surface area contributed by atoms with Gasteiger partial charge in [0.15, 0.2) is 11.5 Å². The Hall–Kier alpha value is -5.17. The highest BCUT2D eigenvalue weighted by atomic mass is 32.2. The summed E-state index contributed by atoms with van der Waals surface area (Å²) < 4.78 is 45.0. The van der Waals surface area contributed by atoms with Crippen LogP contribution in [-0.4, -0.2) is 34.6 Å². The van der Waals surface area contributed by atoms with Gasteiger partial charge in [-0.1, -0.05) is 12.1 Å². The van der Waals surface area contributed by atoms with Crippen LogP contribution in [0.5, 0.6) is 11.5 Å². The minimum atomic E-state index is -4.23. The number of carbonyl (C=O) groups is 1. The van der Waals surface area contributed by atoms with E-state index in [1.807, 2.05) is 12.1 Å². The Balaban J connectivity index is 1.71. The number of hydrogen-bond donors (Lipinski definition) is 2. The third-order valence-electron chi connectivity index (χ3n) is 6.22. The summed E-state index contributed by atoms with van der Waals surface area (Å²) in [5.41, 5.74) is 1.21. The zero-order valence-electron chi connectivity index (χ0n) is 22.0. The fourth-order valence-electron chi connectivity index (χ4n) is 4.10. The van der Waals surface area contributed by atoms with E-state index in [1.54, 1.807) is 30.3 Å². The molecule has 4 rings (SSSR count). The van der Waals surface area contributed by atoms with Crippen LogP contribution in [0.25, 0.3) is 11.0 Å². The highest BCUT2D eigenvalue weighted by Crippen LogP contribution is 2.33. The van der Waals surface area contributed by atoms with Crippen LogP contribution in [0.4, 0.5) is 0 Å². The predicted molar refractivity (Wildman–Crippen MR) is 148 cm³/mol. The van der Waals surface area contributed by atoms with Crippen LogP contribution in [-0.2, 0) is 27.8 Å². The average molecular weight is 573 g/mol. The first-order chi connectivity index (χ1) is 19.7. The summed E-state index contributed by atoms with van der Waals surface area (Å²) in [5, 5.41) is 21.2.